The molecule has 0 aromatic heterocycles. The summed E-state index contributed by atoms with van der Waals surface area (Å²) in [4.78, 5) is 13.7. The van der Waals surface area contributed by atoms with E-state index in [9.17, 15) is 4.79 Å². The summed E-state index contributed by atoms with van der Waals surface area (Å²) in [5.41, 5.74) is 5.37. The predicted octanol–water partition coefficient (Wildman–Crippen LogP) is 1.80. The molecule has 0 fully saturated rings. The Morgan fingerprint density at radius 2 is 2.12 bits per heavy atom. The van der Waals surface area contributed by atoms with Gasteiger partial charge in [0.25, 0.3) is 0 Å². The molecule has 0 bridgehead atoms. The van der Waals surface area contributed by atoms with Gasteiger partial charge in [0.15, 0.2) is 0 Å². The van der Waals surface area contributed by atoms with Gasteiger partial charge in [0.05, 0.1) is 0 Å². The maximum atomic E-state index is 12.1. The maximum Gasteiger partial charge on any atom is 0.225 e. The lowest BCUT2D eigenvalue weighted by atomic mass is 9.98. The number of oxime groups is 1. The molecule has 5 heteroatoms. The van der Waals surface area contributed by atoms with E-state index in [4.69, 9.17) is 10.9 Å². The van der Waals surface area contributed by atoms with Crippen LogP contribution in [0.2, 0.25) is 0 Å². The number of rotatable bonds is 8. The van der Waals surface area contributed by atoms with Crippen molar-refractivity contribution < 1.29 is 10.0 Å². The van der Waals surface area contributed by atoms with Crippen molar-refractivity contribution in [2.45, 2.75) is 46.0 Å². The third-order valence-electron chi connectivity index (χ3n) is 2.96. The Bertz CT molecular complexity index is 254. The average Bonchev–Trinajstić information content (AvgIpc) is 2.35. The van der Waals surface area contributed by atoms with Crippen molar-refractivity contribution >= 4 is 11.7 Å². The van der Waals surface area contributed by atoms with Gasteiger partial charge in [-0.15, -0.1) is 0 Å². The zero-order valence-electron chi connectivity index (χ0n) is 11.1. The molecule has 0 spiro atoms. The summed E-state index contributed by atoms with van der Waals surface area (Å²) >= 11 is 0. The highest BCUT2D eigenvalue weighted by atomic mass is 16.4. The van der Waals surface area contributed by atoms with Crippen LogP contribution in [0.4, 0.5) is 0 Å². The summed E-state index contributed by atoms with van der Waals surface area (Å²) in [5.74, 6) is 0.421. The molecule has 0 aromatic carbocycles. The zero-order chi connectivity index (χ0) is 13.3. The van der Waals surface area contributed by atoms with E-state index in [2.05, 4.69) is 12.1 Å². The van der Waals surface area contributed by atoms with Crippen molar-refractivity contribution in [1.82, 2.24) is 4.90 Å². The average molecular weight is 243 g/mol. The van der Waals surface area contributed by atoms with E-state index in [0.717, 1.165) is 25.7 Å². The second kappa shape index (κ2) is 8.84. The van der Waals surface area contributed by atoms with E-state index in [1.54, 1.807) is 11.9 Å². The molecule has 0 rings (SSSR count). The molecular formula is C12H25N3O2. The summed E-state index contributed by atoms with van der Waals surface area (Å²) in [6.45, 7) is 4.66. The van der Waals surface area contributed by atoms with Gasteiger partial charge in [-0.25, -0.2) is 0 Å². The topological polar surface area (TPSA) is 78.9 Å². The SMILES string of the molecule is CCCCC(CC)C(=O)N(C)CC/C(N)=N/O. The molecule has 0 saturated heterocycles. The van der Waals surface area contributed by atoms with E-state index < -0.39 is 0 Å². The van der Waals surface area contributed by atoms with Crippen molar-refractivity contribution in [1.29, 1.82) is 0 Å². The largest absolute Gasteiger partial charge is 0.409 e. The Kier molecular flexibility index (Phi) is 8.19. The van der Waals surface area contributed by atoms with Crippen molar-refractivity contribution in [3.05, 3.63) is 0 Å². The number of amidine groups is 1. The van der Waals surface area contributed by atoms with Crippen LogP contribution in [0.25, 0.3) is 0 Å². The summed E-state index contributed by atoms with van der Waals surface area (Å²) in [6, 6.07) is 0. The van der Waals surface area contributed by atoms with Crippen LogP contribution in [0.15, 0.2) is 5.16 Å². The molecule has 0 aliphatic rings. The van der Waals surface area contributed by atoms with Gasteiger partial charge in [-0.05, 0) is 12.8 Å². The van der Waals surface area contributed by atoms with Crippen molar-refractivity contribution in [2.75, 3.05) is 13.6 Å². The lowest BCUT2D eigenvalue weighted by Crippen LogP contribution is -2.35. The molecule has 3 N–H and O–H groups in total. The second-order valence-electron chi connectivity index (χ2n) is 4.35. The molecular weight excluding hydrogens is 218 g/mol. The first-order valence-corrected chi connectivity index (χ1v) is 6.28. The monoisotopic (exact) mass is 243 g/mol. The molecule has 0 radical (unpaired) electrons. The minimum atomic E-state index is 0.104. The van der Waals surface area contributed by atoms with Gasteiger partial charge in [0.1, 0.15) is 5.84 Å². The third-order valence-corrected chi connectivity index (χ3v) is 2.96. The van der Waals surface area contributed by atoms with Crippen LogP contribution in [-0.2, 0) is 4.79 Å². The summed E-state index contributed by atoms with van der Waals surface area (Å²) in [6.07, 6.45) is 4.41. The minimum absolute atomic E-state index is 0.104. The molecule has 0 heterocycles. The highest BCUT2D eigenvalue weighted by molar-refractivity contribution is 5.82. The number of hydrogen-bond donors (Lipinski definition) is 2. The van der Waals surface area contributed by atoms with Crippen LogP contribution in [0, 0.1) is 5.92 Å². The Balaban J connectivity index is 4.16. The van der Waals surface area contributed by atoms with Crippen molar-refractivity contribution in [3.8, 4) is 0 Å². The lowest BCUT2D eigenvalue weighted by Gasteiger charge is -2.22. The number of amides is 1. The van der Waals surface area contributed by atoms with E-state index in [-0.39, 0.29) is 17.7 Å². The van der Waals surface area contributed by atoms with Gasteiger partial charge in [0, 0.05) is 25.9 Å². The number of unbranched alkanes of at least 4 members (excludes halogenated alkanes) is 1. The van der Waals surface area contributed by atoms with Gasteiger partial charge < -0.3 is 15.8 Å². The zero-order valence-corrected chi connectivity index (χ0v) is 11.1. The highest BCUT2D eigenvalue weighted by Gasteiger charge is 2.19. The van der Waals surface area contributed by atoms with Crippen LogP contribution >= 0.6 is 0 Å². The van der Waals surface area contributed by atoms with Crippen molar-refractivity contribution in [3.63, 3.8) is 0 Å². The highest BCUT2D eigenvalue weighted by Crippen LogP contribution is 2.15. The number of nitrogens with zero attached hydrogens (tertiary/aromatic N) is 2. The third kappa shape index (κ3) is 6.14. The van der Waals surface area contributed by atoms with Crippen LogP contribution in [0.3, 0.4) is 0 Å². The first-order valence-electron chi connectivity index (χ1n) is 6.28. The number of nitrogens with two attached hydrogens (primary N) is 1. The van der Waals surface area contributed by atoms with Gasteiger partial charge in [-0.3, -0.25) is 4.79 Å². The fourth-order valence-electron chi connectivity index (χ4n) is 1.71. The van der Waals surface area contributed by atoms with E-state index >= 15 is 0 Å². The Morgan fingerprint density at radius 1 is 1.47 bits per heavy atom. The molecule has 0 aliphatic heterocycles. The van der Waals surface area contributed by atoms with Gasteiger partial charge in [0.2, 0.25) is 5.91 Å². The molecule has 17 heavy (non-hydrogen) atoms. The van der Waals surface area contributed by atoms with Crippen LogP contribution in [0.1, 0.15) is 46.0 Å². The standard InChI is InChI=1S/C12H25N3O2/c1-4-6-7-10(5-2)12(16)15(3)9-8-11(13)14-17/h10,17H,4-9H2,1-3H3,(H2,13,14). The van der Waals surface area contributed by atoms with E-state index in [1.807, 2.05) is 6.92 Å². The molecule has 5 nitrogen and oxygen atoms in total. The maximum absolute atomic E-state index is 12.1. The molecule has 0 aliphatic carbocycles. The Morgan fingerprint density at radius 3 is 2.59 bits per heavy atom. The van der Waals surface area contributed by atoms with Gasteiger partial charge in [-0.1, -0.05) is 31.8 Å². The van der Waals surface area contributed by atoms with E-state index in [1.165, 1.54) is 0 Å². The van der Waals surface area contributed by atoms with E-state index in [0.29, 0.717) is 13.0 Å². The van der Waals surface area contributed by atoms with Crippen molar-refractivity contribution in [2.24, 2.45) is 16.8 Å². The minimum Gasteiger partial charge on any atom is -0.409 e. The molecule has 1 unspecified atom stereocenters. The summed E-state index contributed by atoms with van der Waals surface area (Å²) in [7, 11) is 1.77. The normalized spacial score (nSPS) is 13.5. The quantitative estimate of drug-likeness (QED) is 0.295. The first-order chi connectivity index (χ1) is 8.06. The van der Waals surface area contributed by atoms with Gasteiger partial charge in [-0.2, -0.15) is 0 Å². The summed E-state index contributed by atoms with van der Waals surface area (Å²) in [5, 5.41) is 11.3. The fraction of sp³-hybridized carbons (Fsp3) is 0.833. The Hall–Kier alpha value is -1.26. The molecule has 0 saturated carbocycles. The molecule has 0 aromatic rings. The van der Waals surface area contributed by atoms with Crippen LogP contribution in [0.5, 0.6) is 0 Å². The molecule has 1 atom stereocenters. The lowest BCUT2D eigenvalue weighted by molar-refractivity contribution is -0.134. The second-order valence-corrected chi connectivity index (χ2v) is 4.35. The number of carbonyl (C=O) groups is 1. The molecule has 100 valence electrons. The Labute approximate surface area is 104 Å². The number of carbonyl (C=O) groups excluding carboxylic acids is 1. The first kappa shape index (κ1) is 15.7. The predicted molar refractivity (Wildman–Crippen MR) is 69.0 cm³/mol. The summed E-state index contributed by atoms with van der Waals surface area (Å²) < 4.78 is 0. The fourth-order valence-corrected chi connectivity index (χ4v) is 1.71. The van der Waals surface area contributed by atoms with Crippen LogP contribution in [-0.4, -0.2) is 35.4 Å². The van der Waals surface area contributed by atoms with Gasteiger partial charge >= 0.3 is 0 Å². The molecule has 1 amide bonds. The smallest absolute Gasteiger partial charge is 0.225 e. The number of hydrogen-bond acceptors (Lipinski definition) is 3. The van der Waals surface area contributed by atoms with Crippen LogP contribution < -0.4 is 5.73 Å².